The Balaban J connectivity index is 2.20. The standard InChI is InChI=1S/C13H9BrClFN2O2/c14-9-2-1-8(11(16)5-9)7-17-12-4-3-10(15)6-13(12)18(19)20/h1-6,17H,7H2. The lowest BCUT2D eigenvalue weighted by atomic mass is 10.2. The minimum absolute atomic E-state index is 0.140. The summed E-state index contributed by atoms with van der Waals surface area (Å²) in [5, 5.41) is 14.0. The maximum atomic E-state index is 13.7. The van der Waals surface area contributed by atoms with Crippen LogP contribution in [0.15, 0.2) is 40.9 Å². The molecule has 0 saturated heterocycles. The van der Waals surface area contributed by atoms with Gasteiger partial charge in [-0.3, -0.25) is 10.1 Å². The van der Waals surface area contributed by atoms with Gasteiger partial charge in [0.2, 0.25) is 0 Å². The quantitative estimate of drug-likeness (QED) is 0.632. The van der Waals surface area contributed by atoms with Gasteiger partial charge in [-0.25, -0.2) is 4.39 Å². The molecule has 2 aromatic rings. The number of nitro groups is 1. The maximum absolute atomic E-state index is 13.7. The zero-order valence-corrected chi connectivity index (χ0v) is 12.4. The van der Waals surface area contributed by atoms with Crippen molar-refractivity contribution in [3.63, 3.8) is 0 Å². The minimum Gasteiger partial charge on any atom is -0.375 e. The van der Waals surface area contributed by atoms with Gasteiger partial charge in [0.15, 0.2) is 0 Å². The van der Waals surface area contributed by atoms with Gasteiger partial charge in [0, 0.05) is 27.7 Å². The molecular formula is C13H9BrClFN2O2. The molecular weight excluding hydrogens is 351 g/mol. The lowest BCUT2D eigenvalue weighted by molar-refractivity contribution is -0.383. The second-order valence-electron chi connectivity index (χ2n) is 4.01. The zero-order valence-electron chi connectivity index (χ0n) is 10.1. The van der Waals surface area contributed by atoms with Crippen LogP contribution < -0.4 is 5.32 Å². The van der Waals surface area contributed by atoms with E-state index in [1.807, 2.05) is 0 Å². The third kappa shape index (κ3) is 3.46. The second kappa shape index (κ2) is 6.19. The summed E-state index contributed by atoms with van der Waals surface area (Å²) in [7, 11) is 0. The molecule has 7 heteroatoms. The van der Waals surface area contributed by atoms with Gasteiger partial charge in [0.1, 0.15) is 11.5 Å². The molecule has 0 aliphatic rings. The molecule has 104 valence electrons. The number of halogens is 3. The monoisotopic (exact) mass is 358 g/mol. The topological polar surface area (TPSA) is 55.2 Å². The van der Waals surface area contributed by atoms with Gasteiger partial charge in [-0.05, 0) is 24.3 Å². The normalized spacial score (nSPS) is 10.3. The van der Waals surface area contributed by atoms with Crippen molar-refractivity contribution in [1.29, 1.82) is 0 Å². The maximum Gasteiger partial charge on any atom is 0.293 e. The van der Waals surface area contributed by atoms with Gasteiger partial charge in [-0.2, -0.15) is 0 Å². The van der Waals surface area contributed by atoms with Crippen molar-refractivity contribution in [3.05, 3.63) is 67.4 Å². The molecule has 0 aromatic heterocycles. The van der Waals surface area contributed by atoms with Crippen LogP contribution in [-0.4, -0.2) is 4.92 Å². The first-order chi connectivity index (χ1) is 9.47. The second-order valence-corrected chi connectivity index (χ2v) is 5.36. The van der Waals surface area contributed by atoms with Crippen molar-refractivity contribution < 1.29 is 9.31 Å². The van der Waals surface area contributed by atoms with E-state index >= 15 is 0 Å². The summed E-state index contributed by atoms with van der Waals surface area (Å²) in [5.41, 5.74) is 0.564. The number of rotatable bonds is 4. The van der Waals surface area contributed by atoms with Gasteiger partial charge < -0.3 is 5.32 Å². The molecule has 0 radical (unpaired) electrons. The highest BCUT2D eigenvalue weighted by molar-refractivity contribution is 9.10. The largest absolute Gasteiger partial charge is 0.375 e. The smallest absolute Gasteiger partial charge is 0.293 e. The van der Waals surface area contributed by atoms with Crippen LogP contribution in [0.3, 0.4) is 0 Å². The fraction of sp³-hybridized carbons (Fsp3) is 0.0769. The Morgan fingerprint density at radius 3 is 2.70 bits per heavy atom. The molecule has 2 aromatic carbocycles. The average molecular weight is 360 g/mol. The lowest BCUT2D eigenvalue weighted by Crippen LogP contribution is -2.04. The van der Waals surface area contributed by atoms with Crippen LogP contribution in [0, 0.1) is 15.9 Å². The van der Waals surface area contributed by atoms with Gasteiger partial charge in [-0.1, -0.05) is 33.6 Å². The van der Waals surface area contributed by atoms with Crippen LogP contribution in [0.25, 0.3) is 0 Å². The van der Waals surface area contributed by atoms with Gasteiger partial charge in [-0.15, -0.1) is 0 Å². The van der Waals surface area contributed by atoms with Crippen molar-refractivity contribution in [2.75, 3.05) is 5.32 Å². The van der Waals surface area contributed by atoms with E-state index in [-0.39, 0.29) is 23.1 Å². The first kappa shape index (κ1) is 14.7. The third-order valence-corrected chi connectivity index (χ3v) is 3.37. The number of nitrogens with one attached hydrogen (secondary N) is 1. The number of hydrogen-bond acceptors (Lipinski definition) is 3. The molecule has 0 fully saturated rings. The number of benzene rings is 2. The summed E-state index contributed by atoms with van der Waals surface area (Å²) in [6.07, 6.45) is 0. The Labute approximate surface area is 127 Å². The molecule has 1 N–H and O–H groups in total. The van der Waals surface area contributed by atoms with E-state index in [9.17, 15) is 14.5 Å². The van der Waals surface area contributed by atoms with Crippen molar-refractivity contribution >= 4 is 38.9 Å². The van der Waals surface area contributed by atoms with E-state index in [1.54, 1.807) is 12.1 Å². The molecule has 0 aliphatic carbocycles. The van der Waals surface area contributed by atoms with Crippen LogP contribution in [0.5, 0.6) is 0 Å². The van der Waals surface area contributed by atoms with E-state index in [2.05, 4.69) is 21.2 Å². The van der Waals surface area contributed by atoms with Crippen LogP contribution in [0.1, 0.15) is 5.56 Å². The van der Waals surface area contributed by atoms with Crippen molar-refractivity contribution in [3.8, 4) is 0 Å². The molecule has 0 aliphatic heterocycles. The van der Waals surface area contributed by atoms with Gasteiger partial charge in [0.25, 0.3) is 5.69 Å². The Morgan fingerprint density at radius 2 is 2.05 bits per heavy atom. The summed E-state index contributed by atoms with van der Waals surface area (Å²) in [6.45, 7) is 0.140. The molecule has 0 heterocycles. The number of hydrogen-bond donors (Lipinski definition) is 1. The zero-order chi connectivity index (χ0) is 14.7. The van der Waals surface area contributed by atoms with Crippen molar-refractivity contribution in [1.82, 2.24) is 0 Å². The third-order valence-electron chi connectivity index (χ3n) is 2.64. The molecule has 0 atom stereocenters. The number of nitro benzene ring substituents is 1. The Bertz CT molecular complexity index is 667. The number of nitrogens with zero attached hydrogens (tertiary/aromatic N) is 1. The van der Waals surface area contributed by atoms with E-state index in [4.69, 9.17) is 11.6 Å². The summed E-state index contributed by atoms with van der Waals surface area (Å²) in [6, 6.07) is 8.94. The van der Waals surface area contributed by atoms with E-state index in [0.717, 1.165) is 0 Å². The van der Waals surface area contributed by atoms with Gasteiger partial charge in [0.05, 0.1) is 4.92 Å². The highest BCUT2D eigenvalue weighted by Gasteiger charge is 2.14. The van der Waals surface area contributed by atoms with Crippen molar-refractivity contribution in [2.45, 2.75) is 6.54 Å². The molecule has 4 nitrogen and oxygen atoms in total. The fourth-order valence-corrected chi connectivity index (χ4v) is 2.16. The van der Waals surface area contributed by atoms with E-state index in [0.29, 0.717) is 15.7 Å². The average Bonchev–Trinajstić information content (AvgIpc) is 2.38. The number of anilines is 1. The molecule has 20 heavy (non-hydrogen) atoms. The summed E-state index contributed by atoms with van der Waals surface area (Å²) in [4.78, 5) is 10.4. The minimum atomic E-state index is -0.536. The van der Waals surface area contributed by atoms with Crippen LogP contribution >= 0.6 is 27.5 Å². The summed E-state index contributed by atoms with van der Waals surface area (Å²) in [5.74, 6) is -0.386. The SMILES string of the molecule is O=[N+]([O-])c1cc(Cl)ccc1NCc1ccc(Br)cc1F. The predicted octanol–water partition coefficient (Wildman–Crippen LogP) is 4.76. The Morgan fingerprint density at radius 1 is 1.30 bits per heavy atom. The molecule has 0 bridgehead atoms. The molecule has 0 spiro atoms. The van der Waals surface area contributed by atoms with E-state index in [1.165, 1.54) is 24.3 Å². The molecule has 0 amide bonds. The highest BCUT2D eigenvalue weighted by atomic mass is 79.9. The van der Waals surface area contributed by atoms with Crippen molar-refractivity contribution in [2.24, 2.45) is 0 Å². The van der Waals surface area contributed by atoms with Crippen LogP contribution in [0.4, 0.5) is 15.8 Å². The lowest BCUT2D eigenvalue weighted by Gasteiger charge is -2.08. The Hall–Kier alpha value is -1.66. The highest BCUT2D eigenvalue weighted by Crippen LogP contribution is 2.28. The first-order valence-corrected chi connectivity index (χ1v) is 6.76. The van der Waals surface area contributed by atoms with E-state index < -0.39 is 4.92 Å². The molecule has 0 saturated carbocycles. The summed E-state index contributed by atoms with van der Waals surface area (Å²) < 4.78 is 14.3. The predicted molar refractivity (Wildman–Crippen MR) is 79.5 cm³/mol. The first-order valence-electron chi connectivity index (χ1n) is 5.59. The Kier molecular flexibility index (Phi) is 4.57. The van der Waals surface area contributed by atoms with Crippen LogP contribution in [-0.2, 0) is 6.54 Å². The van der Waals surface area contributed by atoms with Gasteiger partial charge >= 0.3 is 0 Å². The molecule has 0 unspecified atom stereocenters. The fourth-order valence-electron chi connectivity index (χ4n) is 1.66. The summed E-state index contributed by atoms with van der Waals surface area (Å²) >= 11 is 8.89. The van der Waals surface area contributed by atoms with Crippen LogP contribution in [0.2, 0.25) is 5.02 Å². The molecule has 2 rings (SSSR count).